The second kappa shape index (κ2) is 15.9. The maximum Gasteiger partial charge on any atom is 0.319 e. The molecule has 1 heterocycles. The molecule has 10 N–H and O–H groups in total. The maximum absolute atomic E-state index is 11.5. The van der Waals surface area contributed by atoms with Gasteiger partial charge in [-0.05, 0) is 50.3 Å². The molecule has 31 heavy (non-hydrogen) atoms. The van der Waals surface area contributed by atoms with Crippen molar-refractivity contribution in [3.8, 4) is 11.4 Å². The van der Waals surface area contributed by atoms with Crippen molar-refractivity contribution in [1.82, 2.24) is 15.3 Å². The lowest BCUT2D eigenvalue weighted by Gasteiger charge is -2.13. The Morgan fingerprint density at radius 1 is 1.13 bits per heavy atom. The van der Waals surface area contributed by atoms with E-state index in [-0.39, 0.29) is 30.1 Å². The summed E-state index contributed by atoms with van der Waals surface area (Å²) < 4.78 is 0.103. The first kappa shape index (κ1) is 32.7. The van der Waals surface area contributed by atoms with Gasteiger partial charge in [0, 0.05) is 26.7 Å². The Labute approximate surface area is 191 Å². The largest absolute Gasteiger partial charge is 0.412 e. The molecular formula is C21H39N5O4S. The number of amides is 2. The predicted molar refractivity (Wildman–Crippen MR) is 137 cm³/mol. The van der Waals surface area contributed by atoms with Crippen molar-refractivity contribution >= 4 is 29.3 Å². The molecule has 3 rings (SSSR count). The lowest BCUT2D eigenvalue weighted by Crippen LogP contribution is -2.28. The normalized spacial score (nSPS) is 11.8. The molecule has 1 fully saturated rings. The van der Waals surface area contributed by atoms with E-state index in [0.29, 0.717) is 18.2 Å². The second-order valence-electron chi connectivity index (χ2n) is 5.76. The zero-order valence-electron chi connectivity index (χ0n) is 18.1. The molecule has 9 nitrogen and oxygen atoms in total. The molecule has 10 heteroatoms. The lowest BCUT2D eigenvalue weighted by atomic mass is 10.1. The Kier molecular flexibility index (Phi) is 16.7. The highest BCUT2D eigenvalue weighted by atomic mass is 32.2. The molecule has 2 amide bonds. The highest BCUT2D eigenvalue weighted by Crippen LogP contribution is 2.55. The van der Waals surface area contributed by atoms with Crippen LogP contribution < -0.4 is 16.4 Å². The molecule has 1 aromatic heterocycles. The summed E-state index contributed by atoms with van der Waals surface area (Å²) in [5, 5.41) is 5.46. The van der Waals surface area contributed by atoms with Gasteiger partial charge in [0.2, 0.25) is 0 Å². The van der Waals surface area contributed by atoms with Crippen LogP contribution in [0.3, 0.4) is 0 Å². The van der Waals surface area contributed by atoms with Gasteiger partial charge in [-0.15, -0.1) is 26.3 Å². The van der Waals surface area contributed by atoms with E-state index in [0.717, 1.165) is 29.8 Å². The Morgan fingerprint density at radius 3 is 2.13 bits per heavy atom. The number of benzene rings is 1. The van der Waals surface area contributed by atoms with Crippen LogP contribution in [-0.4, -0.2) is 45.2 Å². The molecule has 0 radical (unpaired) electrons. The van der Waals surface area contributed by atoms with Crippen LogP contribution >= 0.6 is 11.8 Å². The molecule has 1 aliphatic rings. The quantitative estimate of drug-likeness (QED) is 0.581. The van der Waals surface area contributed by atoms with Gasteiger partial charge in [0.15, 0.2) is 5.82 Å². The zero-order valence-corrected chi connectivity index (χ0v) is 18.9. The van der Waals surface area contributed by atoms with Crippen LogP contribution in [0.25, 0.3) is 11.4 Å². The van der Waals surface area contributed by atoms with E-state index in [4.69, 9.17) is 10.7 Å². The van der Waals surface area contributed by atoms with E-state index in [2.05, 4.69) is 48.2 Å². The predicted octanol–water partition coefficient (Wildman–Crippen LogP) is 2.84. The van der Waals surface area contributed by atoms with Gasteiger partial charge in [-0.2, -0.15) is 11.8 Å². The Morgan fingerprint density at radius 2 is 1.68 bits per heavy atom. The molecule has 0 saturated heterocycles. The molecule has 0 bridgehead atoms. The first-order valence-corrected chi connectivity index (χ1v) is 10.1. The van der Waals surface area contributed by atoms with Crippen LogP contribution in [0.15, 0.2) is 56.6 Å². The third kappa shape index (κ3) is 8.77. The van der Waals surface area contributed by atoms with Crippen LogP contribution in [0.5, 0.6) is 0 Å². The molecule has 1 aliphatic carbocycles. The molecule has 0 spiro atoms. The van der Waals surface area contributed by atoms with Gasteiger partial charge in [-0.25, -0.2) is 14.8 Å². The number of anilines is 2. The number of nitrogens with two attached hydrogens (primary N) is 1. The molecule has 0 aliphatic heterocycles. The number of aromatic nitrogens is 2. The van der Waals surface area contributed by atoms with Crippen molar-refractivity contribution in [3.05, 3.63) is 62.3 Å². The number of hydrogen-bond donors (Lipinski definition) is 3. The topological polar surface area (TPSA) is 187 Å². The van der Waals surface area contributed by atoms with Gasteiger partial charge in [-0.1, -0.05) is 0 Å². The zero-order chi connectivity index (χ0) is 21.2. The summed E-state index contributed by atoms with van der Waals surface area (Å²) in [6, 6.07) is 9.09. The van der Waals surface area contributed by atoms with Crippen LogP contribution in [0.4, 0.5) is 16.3 Å². The monoisotopic (exact) mass is 457 g/mol. The average molecular weight is 458 g/mol. The highest BCUT2D eigenvalue weighted by molar-refractivity contribution is 7.99. The summed E-state index contributed by atoms with van der Waals surface area (Å²) in [6.45, 7) is 14.5. The van der Waals surface area contributed by atoms with E-state index in [9.17, 15) is 4.79 Å². The summed E-state index contributed by atoms with van der Waals surface area (Å²) in [7, 11) is 0. The number of rotatable bonds is 5. The van der Waals surface area contributed by atoms with Crippen molar-refractivity contribution in [1.29, 1.82) is 0 Å². The lowest BCUT2D eigenvalue weighted by molar-refractivity contribution is 0.252. The number of thioether (sulfide) groups is 1. The number of nitrogens with zero attached hydrogens (tertiary/aromatic N) is 2. The SMILES string of the molecule is C=C.C=C.CCNC(=O)Nc1ccc(-c2nc(N)cc(C3(SC)CC3)n2)cc1.O.O.O.[HH].[HH]. The number of nitrogens with one attached hydrogen (secondary N) is 2. The smallest absolute Gasteiger partial charge is 0.319 e. The van der Waals surface area contributed by atoms with Gasteiger partial charge in [0.25, 0.3) is 0 Å². The molecule has 1 aromatic carbocycles. The van der Waals surface area contributed by atoms with Gasteiger partial charge < -0.3 is 32.8 Å². The number of urea groups is 1. The Balaban J connectivity index is -0.000000276. The van der Waals surface area contributed by atoms with Crippen molar-refractivity contribution in [3.63, 3.8) is 0 Å². The van der Waals surface area contributed by atoms with Crippen LogP contribution in [-0.2, 0) is 4.75 Å². The summed E-state index contributed by atoms with van der Waals surface area (Å²) in [6.07, 6.45) is 4.35. The van der Waals surface area contributed by atoms with Gasteiger partial charge in [0.05, 0.1) is 10.4 Å². The standard InChI is InChI=1S/C17H21N5OS.2C2H4.3H2O.2H2/c1-3-19-16(23)20-12-6-4-11(5-7-12)15-21-13(10-14(18)22-15)17(24-2)8-9-17;2*1-2;;;;;/h4-7,10H,3,8-9H2,1-2H3,(H2,18,21,22)(H2,19,20,23);2*1-2H2;3*1H2;2*1H. The van der Waals surface area contributed by atoms with E-state index in [1.54, 1.807) is 0 Å². The average Bonchev–Trinajstić information content (AvgIpc) is 3.53. The van der Waals surface area contributed by atoms with E-state index in [1.165, 1.54) is 0 Å². The first-order chi connectivity index (χ1) is 13.6. The summed E-state index contributed by atoms with van der Waals surface area (Å²) in [4.78, 5) is 20.6. The van der Waals surface area contributed by atoms with Crippen molar-refractivity contribution in [2.75, 3.05) is 23.9 Å². The summed E-state index contributed by atoms with van der Waals surface area (Å²) in [5.41, 5.74) is 8.58. The highest BCUT2D eigenvalue weighted by Gasteiger charge is 2.45. The van der Waals surface area contributed by atoms with Crippen LogP contribution in [0.1, 0.15) is 28.3 Å². The third-order valence-electron chi connectivity index (χ3n) is 4.05. The minimum absolute atomic E-state index is 0. The summed E-state index contributed by atoms with van der Waals surface area (Å²) in [5.74, 6) is 1.11. The number of carbonyl (C=O) groups is 1. The fourth-order valence-electron chi connectivity index (χ4n) is 2.55. The number of carbonyl (C=O) groups excluding carboxylic acids is 1. The van der Waals surface area contributed by atoms with Crippen molar-refractivity contribution in [2.24, 2.45) is 0 Å². The van der Waals surface area contributed by atoms with Gasteiger partial charge in [0.1, 0.15) is 5.82 Å². The van der Waals surface area contributed by atoms with Crippen molar-refractivity contribution in [2.45, 2.75) is 24.5 Å². The minimum Gasteiger partial charge on any atom is -0.412 e. The fourth-order valence-corrected chi connectivity index (χ4v) is 3.37. The number of hydrogen-bond acceptors (Lipinski definition) is 5. The second-order valence-corrected chi connectivity index (χ2v) is 6.95. The van der Waals surface area contributed by atoms with Gasteiger partial charge in [-0.3, -0.25) is 0 Å². The van der Waals surface area contributed by atoms with E-state index >= 15 is 0 Å². The molecule has 2 aromatic rings. The maximum atomic E-state index is 11.5. The fraction of sp³-hybridized carbons (Fsp3) is 0.286. The molecule has 0 unspecified atom stereocenters. The van der Waals surface area contributed by atoms with E-state index in [1.807, 2.05) is 49.0 Å². The Hall–Kier alpha value is -2.92. The Bertz CT molecular complexity index is 795. The van der Waals surface area contributed by atoms with Gasteiger partial charge >= 0.3 is 6.03 Å². The number of nitrogen functional groups attached to an aromatic ring is 1. The van der Waals surface area contributed by atoms with Crippen molar-refractivity contribution < 1.29 is 24.1 Å². The van der Waals surface area contributed by atoms with Crippen LogP contribution in [0.2, 0.25) is 0 Å². The third-order valence-corrected chi connectivity index (χ3v) is 5.44. The molecular weight excluding hydrogens is 418 g/mol. The van der Waals surface area contributed by atoms with Crippen LogP contribution in [0, 0.1) is 0 Å². The first-order valence-electron chi connectivity index (χ1n) is 8.92. The molecule has 0 atom stereocenters. The molecule has 178 valence electrons. The summed E-state index contributed by atoms with van der Waals surface area (Å²) >= 11 is 1.82. The molecule has 1 saturated carbocycles. The van der Waals surface area contributed by atoms with E-state index < -0.39 is 0 Å². The minimum atomic E-state index is -0.219.